The van der Waals surface area contributed by atoms with Gasteiger partial charge in [-0.15, -0.1) is 0 Å². The summed E-state index contributed by atoms with van der Waals surface area (Å²) in [6, 6.07) is 5.44. The Morgan fingerprint density at radius 2 is 1.90 bits per heavy atom. The average molecular weight is 296 g/mol. The van der Waals surface area contributed by atoms with E-state index in [0.29, 0.717) is 24.3 Å². The number of carboxylic acids is 1. The molecule has 0 aliphatic rings. The minimum Gasteiger partial charge on any atom is -0.493 e. The minimum absolute atomic E-state index is 0.233. The molecule has 0 heterocycles. The molecule has 1 rings (SSSR count). The molecule has 0 aliphatic heterocycles. The number of benzene rings is 1. The molecule has 1 aromatic carbocycles. The van der Waals surface area contributed by atoms with Crippen LogP contribution in [-0.2, 0) is 11.2 Å². The maximum Gasteiger partial charge on any atom is 0.335 e. The number of aliphatic carboxylic acids is 1. The van der Waals surface area contributed by atoms with Gasteiger partial charge < -0.3 is 19.7 Å². The Morgan fingerprint density at radius 1 is 1.29 bits per heavy atom. The Bertz CT molecular complexity index is 486. The highest BCUT2D eigenvalue weighted by molar-refractivity contribution is 5.77. The largest absolute Gasteiger partial charge is 0.493 e. The first kappa shape index (κ1) is 17.3. The van der Waals surface area contributed by atoms with E-state index >= 15 is 0 Å². The molecule has 0 aromatic heterocycles. The SMILES string of the molecule is CCCC(O)(C(=O)O)C(C)Cc1ccc(OC)c(OC)c1. The van der Waals surface area contributed by atoms with Gasteiger partial charge >= 0.3 is 5.97 Å². The minimum atomic E-state index is -1.71. The van der Waals surface area contributed by atoms with Crippen LogP contribution in [0.5, 0.6) is 11.5 Å². The van der Waals surface area contributed by atoms with Gasteiger partial charge in [0.25, 0.3) is 0 Å². The van der Waals surface area contributed by atoms with Gasteiger partial charge in [-0.2, -0.15) is 0 Å². The van der Waals surface area contributed by atoms with Crippen LogP contribution in [0.15, 0.2) is 18.2 Å². The summed E-state index contributed by atoms with van der Waals surface area (Å²) < 4.78 is 10.4. The molecule has 0 saturated heterocycles. The van der Waals surface area contributed by atoms with Gasteiger partial charge in [-0.05, 0) is 36.5 Å². The predicted octanol–water partition coefficient (Wildman–Crippen LogP) is 2.50. The normalized spacial score (nSPS) is 15.1. The van der Waals surface area contributed by atoms with Gasteiger partial charge in [-0.3, -0.25) is 0 Å². The molecule has 0 aliphatic carbocycles. The predicted molar refractivity (Wildman–Crippen MR) is 79.9 cm³/mol. The van der Waals surface area contributed by atoms with E-state index in [9.17, 15) is 15.0 Å². The number of methoxy groups -OCH3 is 2. The van der Waals surface area contributed by atoms with Crippen LogP contribution in [0.4, 0.5) is 0 Å². The van der Waals surface area contributed by atoms with Crippen molar-refractivity contribution < 1.29 is 24.5 Å². The van der Waals surface area contributed by atoms with E-state index in [1.54, 1.807) is 27.2 Å². The maximum atomic E-state index is 11.4. The third-order valence-corrected chi connectivity index (χ3v) is 3.81. The molecule has 2 unspecified atom stereocenters. The van der Waals surface area contributed by atoms with Crippen molar-refractivity contribution in [3.8, 4) is 11.5 Å². The van der Waals surface area contributed by atoms with Gasteiger partial charge in [-0.25, -0.2) is 4.79 Å². The molecule has 0 spiro atoms. The van der Waals surface area contributed by atoms with E-state index in [1.165, 1.54) is 0 Å². The van der Waals surface area contributed by atoms with E-state index < -0.39 is 17.5 Å². The van der Waals surface area contributed by atoms with Crippen LogP contribution in [-0.4, -0.2) is 36.0 Å². The summed E-state index contributed by atoms with van der Waals surface area (Å²) in [4.78, 5) is 11.4. The molecule has 118 valence electrons. The zero-order valence-corrected chi connectivity index (χ0v) is 13.0. The van der Waals surface area contributed by atoms with Gasteiger partial charge in [0.05, 0.1) is 14.2 Å². The first-order chi connectivity index (χ1) is 9.88. The lowest BCUT2D eigenvalue weighted by Crippen LogP contribution is -2.45. The number of rotatable bonds is 8. The van der Waals surface area contributed by atoms with Crippen molar-refractivity contribution in [2.24, 2.45) is 5.92 Å². The summed E-state index contributed by atoms with van der Waals surface area (Å²) in [5.74, 6) is -0.363. The highest BCUT2D eigenvalue weighted by atomic mass is 16.5. The second-order valence-electron chi connectivity index (χ2n) is 5.27. The number of ether oxygens (including phenoxy) is 2. The average Bonchev–Trinajstić information content (AvgIpc) is 2.46. The molecule has 0 saturated carbocycles. The Morgan fingerprint density at radius 3 is 2.38 bits per heavy atom. The van der Waals surface area contributed by atoms with Crippen molar-refractivity contribution in [1.29, 1.82) is 0 Å². The zero-order chi connectivity index (χ0) is 16.0. The third-order valence-electron chi connectivity index (χ3n) is 3.81. The van der Waals surface area contributed by atoms with Gasteiger partial charge in [0.2, 0.25) is 0 Å². The van der Waals surface area contributed by atoms with E-state index in [2.05, 4.69) is 0 Å². The molecule has 0 amide bonds. The van der Waals surface area contributed by atoms with Crippen molar-refractivity contribution in [3.05, 3.63) is 23.8 Å². The lowest BCUT2D eigenvalue weighted by atomic mass is 9.81. The van der Waals surface area contributed by atoms with E-state index in [-0.39, 0.29) is 6.42 Å². The van der Waals surface area contributed by atoms with E-state index in [0.717, 1.165) is 5.56 Å². The smallest absolute Gasteiger partial charge is 0.335 e. The fourth-order valence-electron chi connectivity index (χ4n) is 2.48. The standard InChI is InChI=1S/C16H24O5/c1-5-8-16(19,15(17)18)11(2)9-12-6-7-13(20-3)14(10-12)21-4/h6-7,10-11,19H,5,8-9H2,1-4H3,(H,17,18). The van der Waals surface area contributed by atoms with Gasteiger partial charge in [-0.1, -0.05) is 26.3 Å². The van der Waals surface area contributed by atoms with Crippen molar-refractivity contribution in [2.75, 3.05) is 14.2 Å². The van der Waals surface area contributed by atoms with Crippen LogP contribution >= 0.6 is 0 Å². The van der Waals surface area contributed by atoms with Gasteiger partial charge in [0, 0.05) is 0 Å². The summed E-state index contributed by atoms with van der Waals surface area (Å²) in [6.07, 6.45) is 1.29. The maximum absolute atomic E-state index is 11.4. The molecule has 21 heavy (non-hydrogen) atoms. The topological polar surface area (TPSA) is 76.0 Å². The highest BCUT2D eigenvalue weighted by Gasteiger charge is 2.40. The summed E-state index contributed by atoms with van der Waals surface area (Å²) in [5, 5.41) is 19.7. The van der Waals surface area contributed by atoms with Crippen LogP contribution in [0.3, 0.4) is 0 Å². The van der Waals surface area contributed by atoms with Crippen molar-refractivity contribution in [3.63, 3.8) is 0 Å². The number of carboxylic acid groups (broad SMARTS) is 1. The molecular weight excluding hydrogens is 272 g/mol. The molecule has 5 nitrogen and oxygen atoms in total. The quantitative estimate of drug-likeness (QED) is 0.771. The van der Waals surface area contributed by atoms with Crippen LogP contribution in [0, 0.1) is 5.92 Å². The van der Waals surface area contributed by atoms with Crippen molar-refractivity contribution >= 4 is 5.97 Å². The fraction of sp³-hybridized carbons (Fsp3) is 0.562. The van der Waals surface area contributed by atoms with Crippen LogP contribution in [0.25, 0.3) is 0 Å². The van der Waals surface area contributed by atoms with Crippen molar-refractivity contribution in [1.82, 2.24) is 0 Å². The summed E-state index contributed by atoms with van der Waals surface area (Å²) in [6.45, 7) is 3.61. The first-order valence-corrected chi connectivity index (χ1v) is 7.05. The van der Waals surface area contributed by atoms with Gasteiger partial charge in [0.1, 0.15) is 0 Å². The van der Waals surface area contributed by atoms with Crippen LogP contribution in [0.2, 0.25) is 0 Å². The Balaban J connectivity index is 2.96. The van der Waals surface area contributed by atoms with Crippen molar-refractivity contribution in [2.45, 2.75) is 38.7 Å². The number of hydrogen-bond acceptors (Lipinski definition) is 4. The highest BCUT2D eigenvalue weighted by Crippen LogP contribution is 2.31. The molecule has 0 fully saturated rings. The number of aliphatic hydroxyl groups is 1. The fourth-order valence-corrected chi connectivity index (χ4v) is 2.48. The van der Waals surface area contributed by atoms with E-state index in [1.807, 2.05) is 19.1 Å². The number of carbonyl (C=O) groups is 1. The van der Waals surface area contributed by atoms with Crippen LogP contribution in [0.1, 0.15) is 32.3 Å². The molecule has 0 radical (unpaired) electrons. The summed E-state index contributed by atoms with van der Waals surface area (Å²) >= 11 is 0. The lowest BCUT2D eigenvalue weighted by Gasteiger charge is -2.30. The molecule has 2 atom stereocenters. The third kappa shape index (κ3) is 3.88. The summed E-state index contributed by atoms with van der Waals surface area (Å²) in [7, 11) is 3.11. The van der Waals surface area contributed by atoms with E-state index in [4.69, 9.17) is 9.47 Å². The second kappa shape index (κ2) is 7.31. The molecule has 2 N–H and O–H groups in total. The van der Waals surface area contributed by atoms with Crippen LogP contribution < -0.4 is 9.47 Å². The Kier molecular flexibility index (Phi) is 6.03. The lowest BCUT2D eigenvalue weighted by molar-refractivity contribution is -0.165. The molecular formula is C16H24O5. The second-order valence-corrected chi connectivity index (χ2v) is 5.27. The monoisotopic (exact) mass is 296 g/mol. The van der Waals surface area contributed by atoms with Gasteiger partial charge in [0.15, 0.2) is 17.1 Å². The first-order valence-electron chi connectivity index (χ1n) is 7.05. The molecule has 1 aromatic rings. The Hall–Kier alpha value is -1.75. The summed E-state index contributed by atoms with van der Waals surface area (Å²) in [5.41, 5.74) is -0.807. The molecule has 0 bridgehead atoms. The molecule has 5 heteroatoms. The zero-order valence-electron chi connectivity index (χ0n) is 13.0. The Labute approximate surface area is 125 Å². The number of hydrogen-bond donors (Lipinski definition) is 2.